The SMILES string of the molecule is CN(C)C(=O)C1CN(C(=O)Nc2ccc(F)c(Cl)c2)CC12CCOCC2. The van der Waals surface area contributed by atoms with Gasteiger partial charge < -0.3 is 19.9 Å². The summed E-state index contributed by atoms with van der Waals surface area (Å²) in [6, 6.07) is 3.73. The number of hydrogen-bond donors (Lipinski definition) is 1. The molecule has 1 unspecified atom stereocenters. The highest BCUT2D eigenvalue weighted by molar-refractivity contribution is 6.31. The molecule has 0 bridgehead atoms. The Morgan fingerprint density at radius 3 is 2.65 bits per heavy atom. The van der Waals surface area contributed by atoms with Crippen molar-refractivity contribution in [1.82, 2.24) is 9.80 Å². The maximum absolute atomic E-state index is 13.3. The fourth-order valence-electron chi connectivity index (χ4n) is 3.84. The summed E-state index contributed by atoms with van der Waals surface area (Å²) in [6.45, 7) is 2.06. The first-order valence-corrected chi connectivity index (χ1v) is 9.00. The Kier molecular flexibility index (Phi) is 5.39. The number of carbonyl (C=O) groups excluding carboxylic acids is 2. The van der Waals surface area contributed by atoms with Crippen molar-refractivity contribution < 1.29 is 18.7 Å². The Bertz CT molecular complexity index is 707. The van der Waals surface area contributed by atoms with Gasteiger partial charge in [-0.2, -0.15) is 0 Å². The molecule has 2 fully saturated rings. The summed E-state index contributed by atoms with van der Waals surface area (Å²) in [5, 5.41) is 2.69. The van der Waals surface area contributed by atoms with E-state index < -0.39 is 5.82 Å². The van der Waals surface area contributed by atoms with Crippen LogP contribution in [0.1, 0.15) is 12.8 Å². The number of amides is 3. The third-order valence-corrected chi connectivity index (χ3v) is 5.62. The maximum Gasteiger partial charge on any atom is 0.321 e. The van der Waals surface area contributed by atoms with Crippen LogP contribution in [0, 0.1) is 17.2 Å². The zero-order chi connectivity index (χ0) is 18.9. The molecule has 0 aliphatic carbocycles. The Labute approximate surface area is 157 Å². The van der Waals surface area contributed by atoms with Crippen LogP contribution in [0.5, 0.6) is 0 Å². The molecule has 1 spiro atoms. The van der Waals surface area contributed by atoms with Crippen molar-refractivity contribution in [2.24, 2.45) is 11.3 Å². The number of anilines is 1. The molecule has 2 aliphatic rings. The van der Waals surface area contributed by atoms with Crippen molar-refractivity contribution in [2.75, 3.05) is 45.7 Å². The average molecular weight is 384 g/mol. The maximum atomic E-state index is 13.3. The van der Waals surface area contributed by atoms with Gasteiger partial charge >= 0.3 is 6.03 Å². The van der Waals surface area contributed by atoms with Crippen molar-refractivity contribution in [3.05, 3.63) is 29.0 Å². The first kappa shape index (κ1) is 18.9. The third kappa shape index (κ3) is 3.64. The molecule has 6 nitrogen and oxygen atoms in total. The van der Waals surface area contributed by atoms with Crippen molar-refractivity contribution in [2.45, 2.75) is 12.8 Å². The standard InChI is InChI=1S/C18H23ClFN3O3/c1-22(2)16(24)13-10-23(11-18(13)5-7-26-8-6-18)17(25)21-12-3-4-15(20)14(19)9-12/h3-4,9,13H,5-8,10-11H2,1-2H3,(H,21,25). The topological polar surface area (TPSA) is 61.9 Å². The number of urea groups is 1. The number of nitrogens with one attached hydrogen (secondary N) is 1. The summed E-state index contributed by atoms with van der Waals surface area (Å²) in [5.41, 5.74) is 0.169. The lowest BCUT2D eigenvalue weighted by molar-refractivity contribution is -0.138. The van der Waals surface area contributed by atoms with Crippen LogP contribution in [-0.4, -0.2) is 62.1 Å². The second kappa shape index (κ2) is 7.40. The zero-order valence-corrected chi connectivity index (χ0v) is 15.7. The van der Waals surface area contributed by atoms with Crippen molar-refractivity contribution in [3.63, 3.8) is 0 Å². The first-order valence-electron chi connectivity index (χ1n) is 8.62. The molecule has 0 saturated carbocycles. The van der Waals surface area contributed by atoms with E-state index in [1.165, 1.54) is 18.2 Å². The molecule has 1 aromatic rings. The highest BCUT2D eigenvalue weighted by atomic mass is 35.5. The van der Waals surface area contributed by atoms with E-state index in [1.807, 2.05) is 0 Å². The highest BCUT2D eigenvalue weighted by Crippen LogP contribution is 2.45. The van der Waals surface area contributed by atoms with E-state index in [0.29, 0.717) is 32.0 Å². The molecule has 2 aliphatic heterocycles. The van der Waals surface area contributed by atoms with Gasteiger partial charge in [0.2, 0.25) is 5.91 Å². The van der Waals surface area contributed by atoms with Crippen LogP contribution >= 0.6 is 11.6 Å². The van der Waals surface area contributed by atoms with Gasteiger partial charge in [-0.1, -0.05) is 11.6 Å². The van der Waals surface area contributed by atoms with E-state index in [4.69, 9.17) is 16.3 Å². The molecule has 26 heavy (non-hydrogen) atoms. The van der Waals surface area contributed by atoms with Crippen molar-refractivity contribution in [1.29, 1.82) is 0 Å². The van der Waals surface area contributed by atoms with Gasteiger partial charge in [0.25, 0.3) is 0 Å². The van der Waals surface area contributed by atoms with Gasteiger partial charge in [0.05, 0.1) is 10.9 Å². The van der Waals surface area contributed by atoms with Crippen molar-refractivity contribution in [3.8, 4) is 0 Å². The lowest BCUT2D eigenvalue weighted by atomic mass is 9.71. The van der Waals surface area contributed by atoms with E-state index in [2.05, 4.69) is 5.32 Å². The number of ether oxygens (including phenoxy) is 1. The molecule has 142 valence electrons. The van der Waals surface area contributed by atoms with Gasteiger partial charge in [-0.15, -0.1) is 0 Å². The molecule has 1 atom stereocenters. The summed E-state index contributed by atoms with van der Waals surface area (Å²) in [4.78, 5) is 28.6. The van der Waals surface area contributed by atoms with Crippen LogP contribution in [0.3, 0.4) is 0 Å². The Morgan fingerprint density at radius 1 is 1.35 bits per heavy atom. The van der Waals surface area contributed by atoms with Crippen LogP contribution in [-0.2, 0) is 9.53 Å². The van der Waals surface area contributed by atoms with Gasteiger partial charge in [-0.05, 0) is 31.0 Å². The van der Waals surface area contributed by atoms with Crippen LogP contribution in [0.25, 0.3) is 0 Å². The van der Waals surface area contributed by atoms with E-state index in [-0.39, 0.29) is 28.3 Å². The highest BCUT2D eigenvalue weighted by Gasteiger charge is 2.52. The lowest BCUT2D eigenvalue weighted by Crippen LogP contribution is -2.44. The fraction of sp³-hybridized carbons (Fsp3) is 0.556. The minimum absolute atomic E-state index is 0.0343. The molecule has 1 aromatic carbocycles. The van der Waals surface area contributed by atoms with E-state index in [0.717, 1.165) is 12.8 Å². The fourth-order valence-corrected chi connectivity index (χ4v) is 4.02. The number of halogens is 2. The predicted molar refractivity (Wildman–Crippen MR) is 96.7 cm³/mol. The van der Waals surface area contributed by atoms with Crippen LogP contribution in [0.15, 0.2) is 18.2 Å². The number of carbonyl (C=O) groups is 2. The Morgan fingerprint density at radius 2 is 2.04 bits per heavy atom. The van der Waals surface area contributed by atoms with E-state index in [9.17, 15) is 14.0 Å². The molecular formula is C18H23ClFN3O3. The summed E-state index contributed by atoms with van der Waals surface area (Å²) in [6.07, 6.45) is 1.51. The molecule has 2 saturated heterocycles. The zero-order valence-electron chi connectivity index (χ0n) is 14.9. The Balaban J connectivity index is 1.76. The van der Waals surface area contributed by atoms with Gasteiger partial charge in [0.15, 0.2) is 0 Å². The smallest absolute Gasteiger partial charge is 0.321 e. The number of hydrogen-bond acceptors (Lipinski definition) is 3. The number of likely N-dealkylation sites (tertiary alicyclic amines) is 1. The lowest BCUT2D eigenvalue weighted by Gasteiger charge is -2.37. The second-order valence-corrected chi connectivity index (χ2v) is 7.61. The van der Waals surface area contributed by atoms with Crippen LogP contribution < -0.4 is 5.32 Å². The Hall–Kier alpha value is -1.86. The summed E-state index contributed by atoms with van der Waals surface area (Å²) in [5.74, 6) is -0.750. The monoisotopic (exact) mass is 383 g/mol. The summed E-state index contributed by atoms with van der Waals surface area (Å²) >= 11 is 5.77. The minimum atomic E-state index is -0.538. The number of nitrogens with zero attached hydrogens (tertiary/aromatic N) is 2. The van der Waals surface area contributed by atoms with E-state index in [1.54, 1.807) is 23.9 Å². The van der Waals surface area contributed by atoms with Crippen LogP contribution in [0.2, 0.25) is 5.02 Å². The largest absolute Gasteiger partial charge is 0.381 e. The van der Waals surface area contributed by atoms with Gasteiger partial charge in [0.1, 0.15) is 5.82 Å². The minimum Gasteiger partial charge on any atom is -0.381 e. The molecule has 1 N–H and O–H groups in total. The molecule has 0 radical (unpaired) electrons. The predicted octanol–water partition coefficient (Wildman–Crippen LogP) is 2.83. The third-order valence-electron chi connectivity index (χ3n) is 5.33. The van der Waals surface area contributed by atoms with Crippen molar-refractivity contribution >= 4 is 29.2 Å². The molecule has 3 amide bonds. The van der Waals surface area contributed by atoms with E-state index >= 15 is 0 Å². The van der Waals surface area contributed by atoms with Gasteiger partial charge in [-0.25, -0.2) is 9.18 Å². The first-order chi connectivity index (χ1) is 12.3. The molecule has 3 rings (SSSR count). The quantitative estimate of drug-likeness (QED) is 0.854. The summed E-state index contributed by atoms with van der Waals surface area (Å²) in [7, 11) is 3.47. The average Bonchev–Trinajstić information content (AvgIpc) is 2.97. The molecule has 8 heteroatoms. The summed E-state index contributed by atoms with van der Waals surface area (Å²) < 4.78 is 18.7. The van der Waals surface area contributed by atoms with Gasteiger partial charge in [0, 0.05) is 51.5 Å². The molecule has 0 aromatic heterocycles. The number of rotatable bonds is 2. The molecule has 2 heterocycles. The molecular weight excluding hydrogens is 361 g/mol. The normalized spacial score (nSPS) is 21.7. The van der Waals surface area contributed by atoms with Crippen LogP contribution in [0.4, 0.5) is 14.9 Å². The second-order valence-electron chi connectivity index (χ2n) is 7.20. The number of benzene rings is 1. The van der Waals surface area contributed by atoms with Gasteiger partial charge in [-0.3, -0.25) is 4.79 Å².